The fourth-order valence-electron chi connectivity index (χ4n) is 3.39. The third-order valence-electron chi connectivity index (χ3n) is 4.51. The van der Waals surface area contributed by atoms with Crippen molar-refractivity contribution in [3.8, 4) is 0 Å². The van der Waals surface area contributed by atoms with Gasteiger partial charge in [-0.05, 0) is 56.0 Å². The van der Waals surface area contributed by atoms with E-state index >= 15 is 0 Å². The van der Waals surface area contributed by atoms with E-state index in [2.05, 4.69) is 11.1 Å². The maximum absolute atomic E-state index is 13.2. The highest BCUT2D eigenvalue weighted by Gasteiger charge is 2.27. The van der Waals surface area contributed by atoms with Crippen molar-refractivity contribution in [2.24, 2.45) is 0 Å². The van der Waals surface area contributed by atoms with Crippen LogP contribution in [0.5, 0.6) is 0 Å². The molecule has 0 bridgehead atoms. The summed E-state index contributed by atoms with van der Waals surface area (Å²) < 4.78 is 1.90. The van der Waals surface area contributed by atoms with Gasteiger partial charge in [-0.25, -0.2) is 4.98 Å². The average Bonchev–Trinajstić information content (AvgIpc) is 2.88. The van der Waals surface area contributed by atoms with Crippen LogP contribution in [-0.2, 0) is 6.42 Å². The van der Waals surface area contributed by atoms with E-state index < -0.39 is 0 Å². The zero-order valence-electron chi connectivity index (χ0n) is 13.4. The third kappa shape index (κ3) is 2.22. The number of pyridine rings is 1. The number of anilines is 1. The zero-order chi connectivity index (χ0) is 16.0. The van der Waals surface area contributed by atoms with Gasteiger partial charge in [-0.15, -0.1) is 0 Å². The van der Waals surface area contributed by atoms with Crippen LogP contribution < -0.4 is 4.90 Å². The first-order valence-electron chi connectivity index (χ1n) is 8.00. The summed E-state index contributed by atoms with van der Waals surface area (Å²) in [4.78, 5) is 19.7. The number of aromatic nitrogens is 2. The second-order valence-electron chi connectivity index (χ2n) is 6.17. The number of hydrogen-bond acceptors (Lipinski definition) is 2. The number of hydrogen-bond donors (Lipinski definition) is 0. The molecule has 0 radical (unpaired) electrons. The zero-order valence-corrected chi connectivity index (χ0v) is 13.4. The first-order chi connectivity index (χ1) is 11.1. The van der Waals surface area contributed by atoms with Gasteiger partial charge in [0.2, 0.25) is 0 Å². The van der Waals surface area contributed by atoms with Gasteiger partial charge < -0.3 is 4.90 Å². The lowest BCUT2D eigenvalue weighted by molar-refractivity contribution is 0.0979. The molecule has 0 aliphatic carbocycles. The van der Waals surface area contributed by atoms with E-state index in [9.17, 15) is 4.79 Å². The average molecular weight is 305 g/mol. The Morgan fingerprint density at radius 1 is 1.17 bits per heavy atom. The largest absolute Gasteiger partial charge is 0.307 e. The normalized spacial score (nSPS) is 14.1. The molecule has 2 aromatic heterocycles. The minimum atomic E-state index is 0.0333. The number of nitrogens with zero attached hydrogens (tertiary/aromatic N) is 3. The summed E-state index contributed by atoms with van der Waals surface area (Å²) in [6, 6.07) is 12.2. The lowest BCUT2D eigenvalue weighted by atomic mass is 10.0. The molecule has 0 N–H and O–H groups in total. The molecule has 3 heterocycles. The maximum atomic E-state index is 13.2. The molecular formula is C19H19N3O. The van der Waals surface area contributed by atoms with E-state index in [1.807, 2.05) is 59.7 Å². The topological polar surface area (TPSA) is 37.6 Å². The van der Waals surface area contributed by atoms with Crippen LogP contribution in [0.4, 0.5) is 5.69 Å². The number of para-hydroxylation sites is 1. The molecule has 0 saturated carbocycles. The summed E-state index contributed by atoms with van der Waals surface area (Å²) >= 11 is 0. The maximum Gasteiger partial charge on any atom is 0.277 e. The predicted molar refractivity (Wildman–Crippen MR) is 91.1 cm³/mol. The molecule has 4 rings (SSSR count). The number of aryl methyl sites for hydroxylation is 3. The van der Waals surface area contributed by atoms with Crippen molar-refractivity contribution >= 4 is 17.2 Å². The van der Waals surface area contributed by atoms with Crippen LogP contribution in [0.2, 0.25) is 0 Å². The van der Waals surface area contributed by atoms with Crippen molar-refractivity contribution in [3.63, 3.8) is 0 Å². The predicted octanol–water partition coefficient (Wildman–Crippen LogP) is 3.54. The SMILES string of the molecule is Cc1ccn2c(C(=O)N3CCCc4ccccc43)c(C)nc2c1. The highest BCUT2D eigenvalue weighted by Crippen LogP contribution is 2.29. The van der Waals surface area contributed by atoms with Gasteiger partial charge in [0, 0.05) is 18.4 Å². The molecule has 1 aliphatic heterocycles. The summed E-state index contributed by atoms with van der Waals surface area (Å²) in [6.07, 6.45) is 3.97. The molecule has 0 unspecified atom stereocenters. The monoisotopic (exact) mass is 305 g/mol. The Bertz CT molecular complexity index is 910. The molecule has 0 spiro atoms. The van der Waals surface area contributed by atoms with Crippen LogP contribution in [0.15, 0.2) is 42.6 Å². The Morgan fingerprint density at radius 3 is 2.87 bits per heavy atom. The summed E-state index contributed by atoms with van der Waals surface area (Å²) in [6.45, 7) is 4.70. The van der Waals surface area contributed by atoms with E-state index in [0.29, 0.717) is 5.69 Å². The molecule has 4 nitrogen and oxygen atoms in total. The third-order valence-corrected chi connectivity index (χ3v) is 4.51. The molecule has 1 aliphatic rings. The van der Waals surface area contributed by atoms with Gasteiger partial charge in [0.1, 0.15) is 11.3 Å². The quantitative estimate of drug-likeness (QED) is 0.689. The van der Waals surface area contributed by atoms with Crippen molar-refractivity contribution < 1.29 is 4.79 Å². The highest BCUT2D eigenvalue weighted by atomic mass is 16.2. The Hall–Kier alpha value is -2.62. The first kappa shape index (κ1) is 14.0. The van der Waals surface area contributed by atoms with Crippen molar-refractivity contribution in [1.29, 1.82) is 0 Å². The number of carbonyl (C=O) groups is 1. The fraction of sp³-hybridized carbons (Fsp3) is 0.263. The van der Waals surface area contributed by atoms with Crippen molar-refractivity contribution in [3.05, 3.63) is 65.1 Å². The van der Waals surface area contributed by atoms with Crippen LogP contribution in [0.25, 0.3) is 5.65 Å². The lowest BCUT2D eigenvalue weighted by Crippen LogP contribution is -2.36. The van der Waals surface area contributed by atoms with Crippen molar-refractivity contribution in [2.75, 3.05) is 11.4 Å². The molecule has 23 heavy (non-hydrogen) atoms. The van der Waals surface area contributed by atoms with Gasteiger partial charge >= 0.3 is 0 Å². The Labute approximate surface area is 135 Å². The van der Waals surface area contributed by atoms with E-state index in [1.54, 1.807) is 0 Å². The molecular weight excluding hydrogens is 286 g/mol. The van der Waals surface area contributed by atoms with Crippen LogP contribution in [0, 0.1) is 13.8 Å². The first-order valence-corrected chi connectivity index (χ1v) is 8.00. The Balaban J connectivity index is 1.83. The smallest absolute Gasteiger partial charge is 0.277 e. The second-order valence-corrected chi connectivity index (χ2v) is 6.17. The van der Waals surface area contributed by atoms with Gasteiger partial charge in [0.15, 0.2) is 0 Å². The van der Waals surface area contributed by atoms with Crippen LogP contribution in [-0.4, -0.2) is 21.8 Å². The van der Waals surface area contributed by atoms with Crippen LogP contribution >= 0.6 is 0 Å². The number of benzene rings is 1. The minimum absolute atomic E-state index is 0.0333. The van der Waals surface area contributed by atoms with Crippen LogP contribution in [0.3, 0.4) is 0 Å². The molecule has 3 aromatic rings. The van der Waals surface area contributed by atoms with E-state index in [0.717, 1.165) is 42.0 Å². The molecule has 116 valence electrons. The standard InChI is InChI=1S/C19H19N3O/c1-13-9-11-22-17(12-13)20-14(2)18(22)19(23)21-10-5-7-15-6-3-4-8-16(15)21/h3-4,6,8-9,11-12H,5,7,10H2,1-2H3. The van der Waals surface area contributed by atoms with E-state index in [-0.39, 0.29) is 5.91 Å². The van der Waals surface area contributed by atoms with Crippen molar-refractivity contribution in [2.45, 2.75) is 26.7 Å². The minimum Gasteiger partial charge on any atom is -0.307 e. The number of rotatable bonds is 1. The van der Waals surface area contributed by atoms with Gasteiger partial charge in [0.25, 0.3) is 5.91 Å². The number of imidazole rings is 1. The Morgan fingerprint density at radius 2 is 2.00 bits per heavy atom. The summed E-state index contributed by atoms with van der Waals surface area (Å²) in [5.74, 6) is 0.0333. The molecule has 0 atom stereocenters. The van der Waals surface area contributed by atoms with E-state index in [4.69, 9.17) is 0 Å². The van der Waals surface area contributed by atoms with Gasteiger partial charge in [-0.1, -0.05) is 18.2 Å². The molecule has 0 fully saturated rings. The number of carbonyl (C=O) groups excluding carboxylic acids is 1. The van der Waals surface area contributed by atoms with Crippen molar-refractivity contribution in [1.82, 2.24) is 9.38 Å². The highest BCUT2D eigenvalue weighted by molar-refractivity contribution is 6.06. The van der Waals surface area contributed by atoms with Gasteiger partial charge in [-0.2, -0.15) is 0 Å². The lowest BCUT2D eigenvalue weighted by Gasteiger charge is -2.29. The fourth-order valence-corrected chi connectivity index (χ4v) is 3.39. The summed E-state index contributed by atoms with van der Waals surface area (Å²) in [7, 11) is 0. The van der Waals surface area contributed by atoms with E-state index in [1.165, 1.54) is 5.56 Å². The second kappa shape index (κ2) is 5.23. The molecule has 1 aromatic carbocycles. The van der Waals surface area contributed by atoms with Crippen LogP contribution in [0.1, 0.15) is 33.7 Å². The Kier molecular flexibility index (Phi) is 3.18. The molecule has 4 heteroatoms. The number of fused-ring (bicyclic) bond motifs is 2. The van der Waals surface area contributed by atoms with Gasteiger partial charge in [-0.3, -0.25) is 9.20 Å². The molecule has 1 amide bonds. The number of amides is 1. The molecule has 0 saturated heterocycles. The van der Waals surface area contributed by atoms with Gasteiger partial charge in [0.05, 0.1) is 5.69 Å². The summed E-state index contributed by atoms with van der Waals surface area (Å²) in [5.41, 5.74) is 5.70. The summed E-state index contributed by atoms with van der Waals surface area (Å²) in [5, 5.41) is 0.